The van der Waals surface area contributed by atoms with Crippen LogP contribution in [0.4, 0.5) is 0 Å². The average molecular weight is 475 g/mol. The van der Waals surface area contributed by atoms with Crippen LogP contribution >= 0.6 is 0 Å². The van der Waals surface area contributed by atoms with Gasteiger partial charge in [0.05, 0.1) is 12.4 Å². The number of ether oxygens (including phenoxy) is 1. The largest absolute Gasteiger partial charge is 0.508 e. The lowest BCUT2D eigenvalue weighted by atomic mass is 9.91. The summed E-state index contributed by atoms with van der Waals surface area (Å²) in [6.07, 6.45) is 7.02. The van der Waals surface area contributed by atoms with Crippen molar-refractivity contribution in [1.82, 2.24) is 20.2 Å². The standard InChI is InChI=1S/C26H26N4O5/c31-20-9-3-17(4-10-20)14-21(25(34)29-26-11-1-2-23(26)35-15-22(26)32)28-24(33)18-5-7-19(8-6-18)30-13-12-27-16-30/h3-10,12-13,16,21,23,31H,1-2,11,14-15H2,(H,28,33)(H,29,34). The van der Waals surface area contributed by atoms with Crippen LogP contribution in [-0.4, -0.2) is 56.5 Å². The van der Waals surface area contributed by atoms with E-state index in [9.17, 15) is 19.5 Å². The number of hydrogen-bond donors (Lipinski definition) is 3. The topological polar surface area (TPSA) is 123 Å². The molecule has 1 aliphatic carbocycles. The van der Waals surface area contributed by atoms with Crippen LogP contribution in [0.2, 0.25) is 0 Å². The quantitative estimate of drug-likeness (QED) is 0.481. The van der Waals surface area contributed by atoms with E-state index in [-0.39, 0.29) is 30.7 Å². The van der Waals surface area contributed by atoms with E-state index in [0.29, 0.717) is 18.4 Å². The third-order valence-electron chi connectivity index (χ3n) is 6.78. The molecule has 0 radical (unpaired) electrons. The van der Waals surface area contributed by atoms with Crippen molar-refractivity contribution in [3.8, 4) is 11.4 Å². The number of imidazole rings is 1. The van der Waals surface area contributed by atoms with E-state index in [1.165, 1.54) is 12.1 Å². The van der Waals surface area contributed by atoms with Gasteiger partial charge in [0.25, 0.3) is 5.91 Å². The molecule has 2 amide bonds. The average Bonchev–Trinajstić information content (AvgIpc) is 3.59. The first-order chi connectivity index (χ1) is 16.9. The van der Waals surface area contributed by atoms with Crippen LogP contribution in [0.3, 0.4) is 0 Å². The minimum Gasteiger partial charge on any atom is -0.508 e. The van der Waals surface area contributed by atoms with Gasteiger partial charge < -0.3 is 25.0 Å². The number of rotatable bonds is 7. The summed E-state index contributed by atoms with van der Waals surface area (Å²) in [5.74, 6) is -0.862. The molecule has 1 aromatic heterocycles. The molecule has 3 N–H and O–H groups in total. The number of nitrogens with one attached hydrogen (secondary N) is 2. The van der Waals surface area contributed by atoms with E-state index in [0.717, 1.165) is 17.7 Å². The summed E-state index contributed by atoms with van der Waals surface area (Å²) in [6.45, 7) is -0.0107. The summed E-state index contributed by atoms with van der Waals surface area (Å²) >= 11 is 0. The lowest BCUT2D eigenvalue weighted by molar-refractivity contribution is -0.131. The Kier molecular flexibility index (Phi) is 6.08. The normalized spacial score (nSPS) is 21.9. The SMILES string of the molecule is O=C(NC(Cc1ccc(O)cc1)C(=O)NC12CCCC1OCC2=O)c1ccc(-n2ccnc2)cc1. The minimum absolute atomic E-state index is 0.0107. The monoisotopic (exact) mass is 474 g/mol. The van der Waals surface area contributed by atoms with Crippen LogP contribution in [0.5, 0.6) is 5.75 Å². The summed E-state index contributed by atoms with van der Waals surface area (Å²) in [5, 5.41) is 15.4. The van der Waals surface area contributed by atoms with Crippen molar-refractivity contribution in [2.75, 3.05) is 6.61 Å². The van der Waals surface area contributed by atoms with Gasteiger partial charge in [0, 0.05) is 30.1 Å². The predicted octanol–water partition coefficient (Wildman–Crippen LogP) is 1.93. The molecule has 2 heterocycles. The summed E-state index contributed by atoms with van der Waals surface area (Å²) in [4.78, 5) is 43.2. The highest BCUT2D eigenvalue weighted by Gasteiger charge is 2.55. The Morgan fingerprint density at radius 2 is 1.94 bits per heavy atom. The van der Waals surface area contributed by atoms with Crippen molar-refractivity contribution in [1.29, 1.82) is 0 Å². The Morgan fingerprint density at radius 3 is 2.66 bits per heavy atom. The molecule has 3 atom stereocenters. The van der Waals surface area contributed by atoms with E-state index in [4.69, 9.17) is 4.74 Å². The van der Waals surface area contributed by atoms with Crippen molar-refractivity contribution in [3.05, 3.63) is 78.4 Å². The second-order valence-corrected chi connectivity index (χ2v) is 8.99. The Labute approximate surface area is 202 Å². The van der Waals surface area contributed by atoms with Gasteiger partial charge in [0.15, 0.2) is 5.78 Å². The number of fused-ring (bicyclic) bond motifs is 1. The lowest BCUT2D eigenvalue weighted by Gasteiger charge is -2.30. The van der Waals surface area contributed by atoms with Crippen molar-refractivity contribution >= 4 is 17.6 Å². The highest BCUT2D eigenvalue weighted by atomic mass is 16.5. The maximum Gasteiger partial charge on any atom is 0.251 e. The lowest BCUT2D eigenvalue weighted by Crippen LogP contribution is -2.60. The molecule has 1 aliphatic heterocycles. The van der Waals surface area contributed by atoms with E-state index < -0.39 is 23.4 Å². The molecular weight excluding hydrogens is 448 g/mol. The van der Waals surface area contributed by atoms with Gasteiger partial charge in [-0.3, -0.25) is 14.4 Å². The van der Waals surface area contributed by atoms with Crippen LogP contribution in [0, 0.1) is 0 Å². The minimum atomic E-state index is -1.03. The van der Waals surface area contributed by atoms with Crippen LogP contribution in [-0.2, 0) is 20.7 Å². The summed E-state index contributed by atoms with van der Waals surface area (Å²) in [7, 11) is 0. The molecule has 1 saturated heterocycles. The second-order valence-electron chi connectivity index (χ2n) is 8.99. The van der Waals surface area contributed by atoms with Gasteiger partial charge in [0.1, 0.15) is 23.9 Å². The van der Waals surface area contributed by atoms with Gasteiger partial charge in [-0.05, 0) is 61.2 Å². The number of amides is 2. The van der Waals surface area contributed by atoms with E-state index in [1.54, 1.807) is 55.1 Å². The molecular formula is C26H26N4O5. The number of aromatic hydroxyl groups is 1. The fraction of sp³-hybridized carbons (Fsp3) is 0.308. The van der Waals surface area contributed by atoms with Crippen molar-refractivity contribution < 1.29 is 24.2 Å². The number of hydrogen-bond acceptors (Lipinski definition) is 6. The van der Waals surface area contributed by atoms with Crippen LogP contribution < -0.4 is 10.6 Å². The molecule has 180 valence electrons. The van der Waals surface area contributed by atoms with Crippen LogP contribution in [0.25, 0.3) is 5.69 Å². The molecule has 9 nitrogen and oxygen atoms in total. The Balaban J connectivity index is 1.35. The molecule has 5 rings (SSSR count). The smallest absolute Gasteiger partial charge is 0.251 e. The molecule has 35 heavy (non-hydrogen) atoms. The van der Waals surface area contributed by atoms with E-state index in [1.807, 2.05) is 4.57 Å². The highest BCUT2D eigenvalue weighted by Crippen LogP contribution is 2.37. The zero-order valence-corrected chi connectivity index (χ0v) is 19.0. The molecule has 1 saturated carbocycles. The van der Waals surface area contributed by atoms with Crippen molar-refractivity contribution in [3.63, 3.8) is 0 Å². The fourth-order valence-electron chi connectivity index (χ4n) is 4.86. The number of Topliss-reactive ketones (excluding diaryl/α,β-unsaturated/α-hetero) is 1. The molecule has 0 bridgehead atoms. The number of aromatic nitrogens is 2. The number of ketones is 1. The van der Waals surface area contributed by atoms with Gasteiger partial charge >= 0.3 is 0 Å². The second kappa shape index (κ2) is 9.34. The van der Waals surface area contributed by atoms with Crippen LogP contribution in [0.1, 0.15) is 35.2 Å². The molecule has 3 aromatic rings. The van der Waals surface area contributed by atoms with Crippen molar-refractivity contribution in [2.24, 2.45) is 0 Å². The third kappa shape index (κ3) is 4.54. The first-order valence-electron chi connectivity index (χ1n) is 11.6. The fourth-order valence-corrected chi connectivity index (χ4v) is 4.86. The Bertz CT molecular complexity index is 1220. The molecule has 2 fully saturated rings. The van der Waals surface area contributed by atoms with E-state index >= 15 is 0 Å². The molecule has 0 spiro atoms. The Hall–Kier alpha value is -3.98. The maximum atomic E-state index is 13.4. The molecule has 2 aromatic carbocycles. The van der Waals surface area contributed by atoms with Crippen molar-refractivity contribution in [2.45, 2.75) is 43.4 Å². The number of nitrogens with zero attached hydrogens (tertiary/aromatic N) is 2. The van der Waals surface area contributed by atoms with Crippen LogP contribution in [0.15, 0.2) is 67.3 Å². The zero-order chi connectivity index (χ0) is 24.4. The number of phenolic OH excluding ortho intramolecular Hbond substituents is 1. The van der Waals surface area contributed by atoms with Gasteiger partial charge in [-0.1, -0.05) is 12.1 Å². The first-order valence-corrected chi connectivity index (χ1v) is 11.6. The summed E-state index contributed by atoms with van der Waals surface area (Å²) < 4.78 is 7.43. The molecule has 9 heteroatoms. The maximum absolute atomic E-state index is 13.4. The van der Waals surface area contributed by atoms with Gasteiger partial charge in [0.2, 0.25) is 5.91 Å². The zero-order valence-electron chi connectivity index (χ0n) is 19.0. The van der Waals surface area contributed by atoms with Gasteiger partial charge in [-0.2, -0.15) is 0 Å². The van der Waals surface area contributed by atoms with Gasteiger partial charge in [-0.15, -0.1) is 0 Å². The summed E-state index contributed by atoms with van der Waals surface area (Å²) in [6, 6.07) is 12.5. The predicted molar refractivity (Wildman–Crippen MR) is 126 cm³/mol. The first kappa shape index (κ1) is 22.8. The Morgan fingerprint density at radius 1 is 1.17 bits per heavy atom. The molecule has 2 aliphatic rings. The summed E-state index contributed by atoms with van der Waals surface area (Å²) in [5.41, 5.74) is 0.979. The number of phenols is 1. The highest BCUT2D eigenvalue weighted by molar-refractivity contribution is 6.00. The number of carbonyl (C=O) groups excluding carboxylic acids is 3. The number of carbonyl (C=O) groups is 3. The third-order valence-corrected chi connectivity index (χ3v) is 6.78. The van der Waals surface area contributed by atoms with E-state index in [2.05, 4.69) is 15.6 Å². The van der Waals surface area contributed by atoms with Gasteiger partial charge in [-0.25, -0.2) is 4.98 Å². The molecule has 3 unspecified atom stereocenters. The number of benzene rings is 2.